The third-order valence-electron chi connectivity index (χ3n) is 13.8. The summed E-state index contributed by atoms with van der Waals surface area (Å²) >= 11 is 0. The molecule has 15 nitrogen and oxygen atoms in total. The van der Waals surface area contributed by atoms with E-state index in [4.69, 9.17) is 9.47 Å². The van der Waals surface area contributed by atoms with Crippen molar-refractivity contribution in [3.63, 3.8) is 0 Å². The van der Waals surface area contributed by atoms with Crippen molar-refractivity contribution in [2.24, 2.45) is 17.3 Å². The Balaban J connectivity index is 0.00000361. The zero-order valence-corrected chi connectivity index (χ0v) is 48.4. The molecule has 0 radical (unpaired) electrons. The van der Waals surface area contributed by atoms with Crippen LogP contribution in [0, 0.1) is 29.1 Å². The minimum atomic E-state index is -1.17. The number of hydrazine groups is 1. The monoisotopic (exact) mass is 1090 g/mol. The number of nitrogens with one attached hydrogen (secondary N) is 2. The summed E-state index contributed by atoms with van der Waals surface area (Å²) in [4.78, 5) is 75.2. The minimum Gasteiger partial charge on any atom is -0.508 e. The predicted octanol–water partition coefficient (Wildman–Crippen LogP) is 5.89. The summed E-state index contributed by atoms with van der Waals surface area (Å²) in [6.07, 6.45) is 2.69. The number of rotatable bonds is 11. The number of aromatic nitrogens is 1. The molecular formula is C55H79N7O8S4. The largest absolute Gasteiger partial charge is 0.508 e. The molecule has 2 saturated heterocycles. The van der Waals surface area contributed by atoms with E-state index in [-0.39, 0.29) is 104 Å². The number of carbonyl (C=O) groups is 5. The van der Waals surface area contributed by atoms with Gasteiger partial charge in [-0.05, 0) is 117 Å². The fraction of sp³-hybridized carbons (Fsp3) is 0.509. The van der Waals surface area contributed by atoms with Crippen LogP contribution in [0.2, 0.25) is 0 Å². The number of carbonyl (C=O) groups excluding carboxylic acids is 5. The number of likely N-dealkylation sites (N-methyl/N-ethyl adjacent to an activating group) is 1. The van der Waals surface area contributed by atoms with Gasteiger partial charge in [0.25, 0.3) is 11.8 Å². The Kier molecular flexibility index (Phi) is 23.9. The molecule has 7 rings (SSSR count). The van der Waals surface area contributed by atoms with E-state index in [1.807, 2.05) is 45.0 Å². The van der Waals surface area contributed by atoms with E-state index in [9.17, 15) is 29.1 Å². The first kappa shape index (κ1) is 63.5. The van der Waals surface area contributed by atoms with E-state index in [1.165, 1.54) is 9.91 Å². The topological polar surface area (TPSA) is 166 Å². The fourth-order valence-corrected chi connectivity index (χ4v) is 10.3. The lowest BCUT2D eigenvalue weighted by Gasteiger charge is -2.37. The maximum absolute atomic E-state index is 14.8. The van der Waals surface area contributed by atoms with Crippen molar-refractivity contribution in [1.82, 2.24) is 35.0 Å². The van der Waals surface area contributed by atoms with Crippen LogP contribution in [0.1, 0.15) is 70.6 Å². The lowest BCUT2D eigenvalue weighted by Crippen LogP contribution is -2.62. The van der Waals surface area contributed by atoms with Crippen LogP contribution in [0.4, 0.5) is 0 Å². The molecule has 2 fully saturated rings. The normalized spacial score (nSPS) is 18.8. The summed E-state index contributed by atoms with van der Waals surface area (Å²) in [5, 5.41) is 16.8. The molecule has 0 unspecified atom stereocenters. The Labute approximate surface area is 465 Å². The van der Waals surface area contributed by atoms with Gasteiger partial charge < -0.3 is 34.3 Å². The van der Waals surface area contributed by atoms with Gasteiger partial charge in [0.2, 0.25) is 11.8 Å². The van der Waals surface area contributed by atoms with Crippen LogP contribution < -0.4 is 10.7 Å². The molecule has 3 N–H and O–H groups in total. The lowest BCUT2D eigenvalue weighted by atomic mass is 9.83. The van der Waals surface area contributed by atoms with Crippen molar-refractivity contribution in [1.29, 1.82) is 0 Å². The number of methoxy groups -OCH3 is 1. The van der Waals surface area contributed by atoms with Crippen LogP contribution in [-0.2, 0) is 59.3 Å². The molecule has 4 aromatic rings. The summed E-state index contributed by atoms with van der Waals surface area (Å²) in [7, 11) is 7.03. The number of likely N-dealkylation sites (tertiary alicyclic amines) is 1. The maximum atomic E-state index is 14.8. The van der Waals surface area contributed by atoms with Gasteiger partial charge in [0, 0.05) is 68.6 Å². The molecule has 4 heterocycles. The number of aryl methyl sites for hydroxylation is 1. The second-order valence-corrected chi connectivity index (χ2v) is 20.5. The number of aromatic hydroxyl groups is 1. The van der Waals surface area contributed by atoms with Gasteiger partial charge in [-0.2, -0.15) is 54.0 Å². The van der Waals surface area contributed by atoms with Gasteiger partial charge in [-0.1, -0.05) is 70.0 Å². The second-order valence-electron chi connectivity index (χ2n) is 20.5. The number of esters is 1. The predicted molar refractivity (Wildman–Crippen MR) is 312 cm³/mol. The summed E-state index contributed by atoms with van der Waals surface area (Å²) in [6, 6.07) is 17.0. The molecule has 4 amide bonds. The van der Waals surface area contributed by atoms with E-state index in [2.05, 4.69) is 84.3 Å². The Morgan fingerprint density at radius 3 is 2.39 bits per heavy atom. The molecule has 1 aromatic heterocycles. The molecular weight excluding hydrogens is 1010 g/mol. The Morgan fingerprint density at radius 1 is 0.973 bits per heavy atom. The van der Waals surface area contributed by atoms with Crippen molar-refractivity contribution >= 4 is 94.5 Å². The molecule has 406 valence electrons. The highest BCUT2D eigenvalue weighted by atomic mass is 32.1. The van der Waals surface area contributed by atoms with E-state index in [0.717, 1.165) is 50.8 Å². The van der Waals surface area contributed by atoms with Crippen LogP contribution in [0.3, 0.4) is 0 Å². The molecule has 0 aliphatic carbocycles. The van der Waals surface area contributed by atoms with Crippen LogP contribution >= 0.6 is 54.0 Å². The number of ether oxygens (including phenoxy) is 2. The zero-order valence-electron chi connectivity index (χ0n) is 44.4. The molecule has 3 aromatic carbocycles. The lowest BCUT2D eigenvalue weighted by molar-refractivity contribution is -0.155. The van der Waals surface area contributed by atoms with Gasteiger partial charge in [0.15, 0.2) is 0 Å². The van der Waals surface area contributed by atoms with Crippen LogP contribution in [-0.4, -0.2) is 145 Å². The fourth-order valence-electron chi connectivity index (χ4n) is 10.3. The summed E-state index contributed by atoms with van der Waals surface area (Å²) in [5.41, 5.74) is 10.3. The number of phenols is 1. The standard InChI is InChI=1S/C55H71N7O8.4H2S/c1-10-61-47-20-19-38-31-43(47)44(50(61)42-16-12-11-15-37(42)22-26-69-9)32-55(4,5)34-70-54(68)45-17-13-24-62(57-45)53(67)46(29-36-27-40(38)30-41(63)28-36)56-51(65)49(35(2)3)59(8)52(66)39-21-25-60(33-39)48(64)18-14-23-58(6)7;;;;/h11-12,15-16,19-20,27-28,30-31,35,39,45-46,49,57,63H,10,13,17,21-26,29,32-34H2,1-9H3,(H,56,65);4*1H2/t39-,45-,46-,49-;;;;/m0..../s1. The summed E-state index contributed by atoms with van der Waals surface area (Å²) in [6.45, 7) is 12.7. The number of cyclic esters (lactones) is 1. The first-order valence-electron chi connectivity index (χ1n) is 24.7. The van der Waals surface area contributed by atoms with Gasteiger partial charge in [0.05, 0.1) is 31.4 Å². The highest BCUT2D eigenvalue weighted by Crippen LogP contribution is 2.41. The van der Waals surface area contributed by atoms with Crippen LogP contribution in [0.15, 0.2) is 60.7 Å². The molecule has 0 spiro atoms. The second kappa shape index (κ2) is 27.8. The van der Waals surface area contributed by atoms with Crippen LogP contribution in [0.25, 0.3) is 33.3 Å². The minimum absolute atomic E-state index is 0. The highest BCUT2D eigenvalue weighted by Gasteiger charge is 2.40. The molecule has 0 saturated carbocycles. The zero-order chi connectivity index (χ0) is 50.4. The van der Waals surface area contributed by atoms with E-state index < -0.39 is 47.2 Å². The smallest absolute Gasteiger partial charge is 0.324 e. The highest BCUT2D eigenvalue weighted by molar-refractivity contribution is 7.59. The molecule has 19 heteroatoms. The van der Waals surface area contributed by atoms with Gasteiger partial charge in [-0.3, -0.25) is 33.9 Å². The number of fused-ring (bicyclic) bond motifs is 6. The number of benzene rings is 3. The SMILES string of the molecule is CCn1c(-c2ccccc2CCOC)c2c3cc(ccc31)-c1cc(O)cc(c1)C[C@H](NC(=O)[C@H](C(C)C)N(C)C(=O)[C@H]1CCN(C(=O)C#CCN(C)C)C1)C(=O)N1CCC[C@H](N1)C(=O)OCC(C)(C)C2.S.S.S.S. The number of nitrogens with zero attached hydrogens (tertiary/aromatic N) is 5. The molecule has 6 bridgehead atoms. The average Bonchev–Trinajstić information content (AvgIpc) is 3.94. The first-order chi connectivity index (χ1) is 33.4. The maximum Gasteiger partial charge on any atom is 0.324 e. The molecule has 74 heavy (non-hydrogen) atoms. The molecule has 3 aliphatic rings. The van der Waals surface area contributed by atoms with Crippen molar-refractivity contribution in [3.05, 3.63) is 77.4 Å². The number of hydrogen-bond acceptors (Lipinski definition) is 10. The molecule has 3 aliphatic heterocycles. The van der Waals surface area contributed by atoms with Crippen molar-refractivity contribution in [2.75, 3.05) is 67.6 Å². The number of hydrogen-bond donors (Lipinski definition) is 3. The number of amides is 4. The Morgan fingerprint density at radius 2 is 1.70 bits per heavy atom. The Bertz CT molecular complexity index is 2680. The van der Waals surface area contributed by atoms with E-state index >= 15 is 0 Å². The summed E-state index contributed by atoms with van der Waals surface area (Å²) < 4.78 is 14.0. The third kappa shape index (κ3) is 14.8. The van der Waals surface area contributed by atoms with E-state index in [1.54, 1.807) is 31.2 Å². The van der Waals surface area contributed by atoms with Gasteiger partial charge in [0.1, 0.15) is 23.9 Å². The van der Waals surface area contributed by atoms with Crippen molar-refractivity contribution < 1.29 is 38.6 Å². The third-order valence-corrected chi connectivity index (χ3v) is 13.8. The van der Waals surface area contributed by atoms with Gasteiger partial charge in [-0.25, -0.2) is 5.43 Å². The number of phenolic OH excluding ortho intramolecular Hbond substituents is 1. The van der Waals surface area contributed by atoms with Gasteiger partial charge >= 0.3 is 5.97 Å². The van der Waals surface area contributed by atoms with E-state index in [0.29, 0.717) is 57.5 Å². The van der Waals surface area contributed by atoms with Gasteiger partial charge in [-0.15, -0.1) is 0 Å². The Hall–Kier alpha value is -4.81. The average molecular weight is 1090 g/mol. The van der Waals surface area contributed by atoms with Crippen molar-refractivity contribution in [3.8, 4) is 40.0 Å². The summed E-state index contributed by atoms with van der Waals surface area (Å²) in [5.74, 6) is 2.55. The first-order valence-corrected chi connectivity index (χ1v) is 24.7. The van der Waals surface area contributed by atoms with Crippen LogP contribution in [0.5, 0.6) is 5.75 Å². The molecule has 4 atom stereocenters. The van der Waals surface area contributed by atoms with Crippen molar-refractivity contribution in [2.45, 2.75) is 97.8 Å². The quantitative estimate of drug-likeness (QED) is 0.122.